The summed E-state index contributed by atoms with van der Waals surface area (Å²) in [5.41, 5.74) is 4.93. The van der Waals surface area contributed by atoms with Crippen LogP contribution in [0.1, 0.15) is 0 Å². The molecule has 0 saturated heterocycles. The lowest BCUT2D eigenvalue weighted by molar-refractivity contribution is -0.387. The molecule has 0 saturated carbocycles. The maximum Gasteiger partial charge on any atom is 0.289 e. The largest absolute Gasteiger partial charge is 0.394 e. The first kappa shape index (κ1) is 18.5. The van der Waals surface area contributed by atoms with Crippen molar-refractivity contribution in [2.24, 2.45) is 5.73 Å². The van der Waals surface area contributed by atoms with Crippen molar-refractivity contribution < 1.29 is 23.2 Å². The van der Waals surface area contributed by atoms with Crippen molar-refractivity contribution in [1.82, 2.24) is 4.31 Å². The van der Waals surface area contributed by atoms with E-state index in [0.717, 1.165) is 10.4 Å². The topological polar surface area (TPSA) is 136 Å². The number of ether oxygens (including phenoxy) is 1. The molecule has 0 unspecified atom stereocenters. The lowest BCUT2D eigenvalue weighted by Crippen LogP contribution is -2.38. The minimum atomic E-state index is -4.06. The van der Waals surface area contributed by atoms with Gasteiger partial charge in [-0.2, -0.15) is 4.31 Å². The SMILES string of the molecule is NCCN(CCOCCO)S(=O)(=O)c1ccccc1[N+](=O)[O-]. The molecule has 0 aliphatic heterocycles. The van der Waals surface area contributed by atoms with Crippen molar-refractivity contribution in [3.63, 3.8) is 0 Å². The second-order valence-electron chi connectivity index (χ2n) is 4.25. The number of nitro benzene ring substituents is 1. The number of rotatable bonds is 10. The van der Waals surface area contributed by atoms with E-state index in [4.69, 9.17) is 15.6 Å². The van der Waals surface area contributed by atoms with Crippen LogP contribution in [0.15, 0.2) is 29.2 Å². The maximum atomic E-state index is 12.6. The normalized spacial score (nSPS) is 11.8. The molecule has 0 radical (unpaired) electrons. The highest BCUT2D eigenvalue weighted by Gasteiger charge is 2.30. The number of benzene rings is 1. The van der Waals surface area contributed by atoms with Crippen LogP contribution in [-0.4, -0.2) is 62.2 Å². The summed E-state index contributed by atoms with van der Waals surface area (Å²) in [4.78, 5) is 9.87. The Bertz CT molecular complexity index is 592. The molecule has 1 rings (SSSR count). The average molecular weight is 333 g/mol. The van der Waals surface area contributed by atoms with Gasteiger partial charge in [0.1, 0.15) is 0 Å². The number of sulfonamides is 1. The highest BCUT2D eigenvalue weighted by Crippen LogP contribution is 2.25. The van der Waals surface area contributed by atoms with Crippen molar-refractivity contribution in [3.05, 3.63) is 34.4 Å². The van der Waals surface area contributed by atoms with Crippen LogP contribution in [0.25, 0.3) is 0 Å². The van der Waals surface area contributed by atoms with Gasteiger partial charge < -0.3 is 15.6 Å². The van der Waals surface area contributed by atoms with Gasteiger partial charge in [0.15, 0.2) is 4.90 Å². The zero-order valence-electron chi connectivity index (χ0n) is 11.9. The van der Waals surface area contributed by atoms with Crippen LogP contribution in [0.2, 0.25) is 0 Å². The Hall–Kier alpha value is -1.59. The van der Waals surface area contributed by atoms with E-state index in [9.17, 15) is 18.5 Å². The van der Waals surface area contributed by atoms with Gasteiger partial charge in [-0.3, -0.25) is 10.1 Å². The first-order chi connectivity index (χ1) is 10.4. The van der Waals surface area contributed by atoms with E-state index >= 15 is 0 Å². The summed E-state index contributed by atoms with van der Waals surface area (Å²) >= 11 is 0. The molecule has 10 heteroatoms. The van der Waals surface area contributed by atoms with Crippen LogP contribution >= 0.6 is 0 Å². The number of hydrogen-bond acceptors (Lipinski definition) is 7. The molecule has 0 aliphatic rings. The molecule has 0 bridgehead atoms. The molecule has 3 N–H and O–H groups in total. The summed E-state index contributed by atoms with van der Waals surface area (Å²) in [6.45, 7) is 0.0402. The molecule has 0 spiro atoms. The molecular weight excluding hydrogens is 314 g/mol. The van der Waals surface area contributed by atoms with Gasteiger partial charge in [0.2, 0.25) is 10.0 Å². The number of para-hydroxylation sites is 1. The maximum absolute atomic E-state index is 12.6. The van der Waals surface area contributed by atoms with Gasteiger partial charge in [0.25, 0.3) is 5.69 Å². The van der Waals surface area contributed by atoms with Gasteiger partial charge in [0, 0.05) is 25.7 Å². The lowest BCUT2D eigenvalue weighted by Gasteiger charge is -2.21. The zero-order valence-corrected chi connectivity index (χ0v) is 12.7. The molecule has 9 nitrogen and oxygen atoms in total. The molecule has 0 atom stereocenters. The number of nitrogens with two attached hydrogens (primary N) is 1. The van der Waals surface area contributed by atoms with E-state index < -0.39 is 20.6 Å². The van der Waals surface area contributed by atoms with Gasteiger partial charge >= 0.3 is 0 Å². The van der Waals surface area contributed by atoms with Crippen molar-refractivity contribution >= 4 is 15.7 Å². The third-order valence-electron chi connectivity index (χ3n) is 2.78. The minimum absolute atomic E-state index is 0.00835. The number of hydrogen-bond donors (Lipinski definition) is 2. The summed E-state index contributed by atoms with van der Waals surface area (Å²) in [5, 5.41) is 19.6. The van der Waals surface area contributed by atoms with Crippen LogP contribution in [-0.2, 0) is 14.8 Å². The quantitative estimate of drug-likeness (QED) is 0.336. The van der Waals surface area contributed by atoms with Crippen molar-refractivity contribution in [2.75, 3.05) is 39.5 Å². The monoisotopic (exact) mass is 333 g/mol. The van der Waals surface area contributed by atoms with E-state index in [1.165, 1.54) is 18.2 Å². The van der Waals surface area contributed by atoms with Crippen LogP contribution in [0.3, 0.4) is 0 Å². The fourth-order valence-electron chi connectivity index (χ4n) is 1.79. The Kier molecular flexibility index (Phi) is 7.35. The smallest absolute Gasteiger partial charge is 0.289 e. The Balaban J connectivity index is 3.04. The highest BCUT2D eigenvalue weighted by molar-refractivity contribution is 7.89. The fraction of sp³-hybridized carbons (Fsp3) is 0.500. The number of nitrogens with zero attached hydrogens (tertiary/aromatic N) is 2. The minimum Gasteiger partial charge on any atom is -0.394 e. The Morgan fingerprint density at radius 3 is 2.55 bits per heavy atom. The summed E-state index contributed by atoms with van der Waals surface area (Å²) in [7, 11) is -4.06. The van der Waals surface area contributed by atoms with Crippen molar-refractivity contribution in [2.45, 2.75) is 4.90 Å². The van der Waals surface area contributed by atoms with E-state index in [2.05, 4.69) is 0 Å². The lowest BCUT2D eigenvalue weighted by atomic mass is 10.3. The molecule has 1 aromatic carbocycles. The van der Waals surface area contributed by atoms with Crippen molar-refractivity contribution in [1.29, 1.82) is 0 Å². The zero-order chi connectivity index (χ0) is 16.6. The summed E-state index contributed by atoms with van der Waals surface area (Å²) in [5.74, 6) is 0. The van der Waals surface area contributed by atoms with Crippen LogP contribution < -0.4 is 5.73 Å². The Morgan fingerprint density at radius 2 is 1.95 bits per heavy atom. The van der Waals surface area contributed by atoms with E-state index in [-0.39, 0.29) is 44.4 Å². The second-order valence-corrected chi connectivity index (χ2v) is 6.16. The van der Waals surface area contributed by atoms with Gasteiger partial charge in [-0.1, -0.05) is 12.1 Å². The first-order valence-corrected chi connectivity index (χ1v) is 8.01. The molecule has 22 heavy (non-hydrogen) atoms. The Morgan fingerprint density at radius 1 is 1.27 bits per heavy atom. The molecule has 0 aliphatic carbocycles. The molecule has 0 aromatic heterocycles. The third-order valence-corrected chi connectivity index (χ3v) is 4.72. The number of aliphatic hydroxyl groups is 1. The molecule has 124 valence electrons. The van der Waals surface area contributed by atoms with E-state index in [0.29, 0.717) is 0 Å². The molecule has 0 fully saturated rings. The highest BCUT2D eigenvalue weighted by atomic mass is 32.2. The second kappa shape index (κ2) is 8.76. The molecule has 1 aromatic rings. The Labute approximate surface area is 128 Å². The third kappa shape index (κ3) is 4.71. The van der Waals surface area contributed by atoms with E-state index in [1.54, 1.807) is 0 Å². The predicted molar refractivity (Wildman–Crippen MR) is 78.8 cm³/mol. The summed E-state index contributed by atoms with van der Waals surface area (Å²) in [6.07, 6.45) is 0. The first-order valence-electron chi connectivity index (χ1n) is 6.57. The summed E-state index contributed by atoms with van der Waals surface area (Å²) in [6, 6.07) is 5.14. The van der Waals surface area contributed by atoms with Crippen LogP contribution in [0, 0.1) is 10.1 Å². The number of nitro groups is 1. The van der Waals surface area contributed by atoms with Crippen LogP contribution in [0.5, 0.6) is 0 Å². The van der Waals surface area contributed by atoms with Gasteiger partial charge in [-0.15, -0.1) is 0 Å². The van der Waals surface area contributed by atoms with Gasteiger partial charge in [-0.05, 0) is 6.07 Å². The molecule has 0 amide bonds. The van der Waals surface area contributed by atoms with E-state index in [1.807, 2.05) is 0 Å². The summed E-state index contributed by atoms with van der Waals surface area (Å²) < 4.78 is 31.2. The molecule has 0 heterocycles. The number of aliphatic hydroxyl groups excluding tert-OH is 1. The standard InChI is InChI=1S/C12H19N3O6S/c13-5-6-14(7-9-21-10-8-16)22(19,20)12-4-2-1-3-11(12)15(17)18/h1-4,16H,5-10,13H2. The average Bonchev–Trinajstić information content (AvgIpc) is 2.50. The fourth-order valence-corrected chi connectivity index (χ4v) is 3.39. The molecular formula is C12H19N3O6S. The van der Waals surface area contributed by atoms with Crippen LogP contribution in [0.4, 0.5) is 5.69 Å². The van der Waals surface area contributed by atoms with Crippen molar-refractivity contribution in [3.8, 4) is 0 Å². The van der Waals surface area contributed by atoms with Gasteiger partial charge in [-0.25, -0.2) is 8.42 Å². The van der Waals surface area contributed by atoms with Gasteiger partial charge in [0.05, 0.1) is 24.7 Å². The predicted octanol–water partition coefficient (Wildman–Crippen LogP) is -0.447.